The van der Waals surface area contributed by atoms with Crippen LogP contribution in [0.15, 0.2) is 0 Å². The molecule has 0 fully saturated rings. The van der Waals surface area contributed by atoms with Crippen molar-refractivity contribution < 1.29 is 14.6 Å². The van der Waals surface area contributed by atoms with Crippen molar-refractivity contribution in [3.8, 4) is 0 Å². The average Bonchev–Trinajstić information content (AvgIpc) is 2.51. The maximum atomic E-state index is 11.4. The van der Waals surface area contributed by atoms with Crippen LogP contribution in [-0.2, 0) is 9.53 Å². The molecule has 0 aliphatic heterocycles. The second-order valence-electron chi connectivity index (χ2n) is 7.00. The Labute approximate surface area is 143 Å². The molecule has 0 aliphatic rings. The predicted octanol–water partition coefficient (Wildman–Crippen LogP) is 4.18. The van der Waals surface area contributed by atoms with Crippen molar-refractivity contribution in [3.05, 3.63) is 0 Å². The maximum Gasteiger partial charge on any atom is 0.325 e. The summed E-state index contributed by atoms with van der Waals surface area (Å²) in [5.74, 6) is 0.333. The van der Waals surface area contributed by atoms with Crippen LogP contribution < -0.4 is 5.73 Å². The lowest BCUT2D eigenvalue weighted by Crippen LogP contribution is -2.43. The highest BCUT2D eigenvalue weighted by molar-refractivity contribution is 5.76. The summed E-state index contributed by atoms with van der Waals surface area (Å²) in [6, 6.07) is -0.902. The number of hydrogen-bond donors (Lipinski definition) is 2. The molecule has 4 nitrogen and oxygen atoms in total. The zero-order valence-corrected chi connectivity index (χ0v) is 15.6. The van der Waals surface area contributed by atoms with Gasteiger partial charge in [0.1, 0.15) is 6.04 Å². The van der Waals surface area contributed by atoms with E-state index in [-0.39, 0.29) is 0 Å². The minimum Gasteiger partial charge on any atom is -0.465 e. The fourth-order valence-corrected chi connectivity index (χ4v) is 2.72. The van der Waals surface area contributed by atoms with E-state index in [1.807, 2.05) is 0 Å². The summed E-state index contributed by atoms with van der Waals surface area (Å²) in [6.45, 7) is 6.62. The molecule has 3 N–H and O–H groups in total. The van der Waals surface area contributed by atoms with Gasteiger partial charge in [-0.15, -0.1) is 0 Å². The largest absolute Gasteiger partial charge is 0.465 e. The second-order valence-corrected chi connectivity index (χ2v) is 7.00. The second kappa shape index (κ2) is 14.9. The third-order valence-electron chi connectivity index (χ3n) is 4.25. The van der Waals surface area contributed by atoms with Crippen LogP contribution in [0, 0.1) is 5.92 Å². The highest BCUT2D eigenvalue weighted by atomic mass is 16.5. The zero-order chi connectivity index (χ0) is 17.5. The summed E-state index contributed by atoms with van der Waals surface area (Å²) in [4.78, 5) is 11.4. The van der Waals surface area contributed by atoms with Crippen molar-refractivity contribution in [1.82, 2.24) is 0 Å². The molecule has 0 radical (unpaired) electrons. The molecule has 0 aromatic heterocycles. The minimum atomic E-state index is -0.902. The van der Waals surface area contributed by atoms with Crippen molar-refractivity contribution in [2.24, 2.45) is 11.7 Å². The molecular formula is C19H39NO3. The molecule has 0 saturated carbocycles. The Hall–Kier alpha value is -0.610. The van der Waals surface area contributed by atoms with Gasteiger partial charge in [-0.1, -0.05) is 78.1 Å². The van der Waals surface area contributed by atoms with Crippen molar-refractivity contribution in [2.75, 3.05) is 6.61 Å². The van der Waals surface area contributed by atoms with Gasteiger partial charge in [-0.2, -0.15) is 0 Å². The van der Waals surface area contributed by atoms with Crippen LogP contribution in [0.5, 0.6) is 0 Å². The summed E-state index contributed by atoms with van der Waals surface area (Å²) < 4.78 is 4.81. The number of ether oxygens (including phenoxy) is 1. The van der Waals surface area contributed by atoms with E-state index in [0.717, 1.165) is 18.8 Å². The first-order chi connectivity index (χ1) is 11.0. The Morgan fingerprint density at radius 3 is 1.78 bits per heavy atom. The number of hydrogen-bond acceptors (Lipinski definition) is 4. The predicted molar refractivity (Wildman–Crippen MR) is 96.2 cm³/mol. The van der Waals surface area contributed by atoms with Crippen LogP contribution in [-0.4, -0.2) is 29.8 Å². The maximum absolute atomic E-state index is 11.4. The van der Waals surface area contributed by atoms with Gasteiger partial charge in [0.25, 0.3) is 0 Å². The zero-order valence-electron chi connectivity index (χ0n) is 15.6. The molecular weight excluding hydrogens is 290 g/mol. The number of unbranched alkanes of at least 4 members (excludes halogenated alkanes) is 8. The summed E-state index contributed by atoms with van der Waals surface area (Å²) in [7, 11) is 0. The summed E-state index contributed by atoms with van der Waals surface area (Å²) in [6.07, 6.45) is 12.4. The van der Waals surface area contributed by atoms with Crippen LogP contribution >= 0.6 is 0 Å². The highest BCUT2D eigenvalue weighted by Gasteiger charge is 2.23. The quantitative estimate of drug-likeness (QED) is 0.349. The molecule has 0 amide bonds. The fraction of sp³-hybridized carbons (Fsp3) is 0.947. The average molecular weight is 330 g/mol. The Morgan fingerprint density at radius 2 is 1.35 bits per heavy atom. The summed E-state index contributed by atoms with van der Waals surface area (Å²) in [5, 5.41) is 9.85. The third kappa shape index (κ3) is 13.5. The van der Waals surface area contributed by atoms with Crippen LogP contribution in [0.25, 0.3) is 0 Å². The van der Waals surface area contributed by atoms with E-state index in [1.54, 1.807) is 6.92 Å². The highest BCUT2D eigenvalue weighted by Crippen LogP contribution is 2.14. The number of nitrogens with two attached hydrogens (primary N) is 1. The van der Waals surface area contributed by atoms with Gasteiger partial charge in [-0.25, -0.2) is 0 Å². The van der Waals surface area contributed by atoms with Gasteiger partial charge in [0.05, 0.1) is 12.7 Å². The molecule has 138 valence electrons. The number of aliphatic hydroxyl groups excluding tert-OH is 1. The first-order valence-corrected chi connectivity index (χ1v) is 9.59. The smallest absolute Gasteiger partial charge is 0.325 e. The Kier molecular flexibility index (Phi) is 14.6. The van der Waals surface area contributed by atoms with Crippen LogP contribution in [0.4, 0.5) is 0 Å². The van der Waals surface area contributed by atoms with Gasteiger partial charge in [-0.05, 0) is 19.3 Å². The van der Waals surface area contributed by atoms with Gasteiger partial charge in [0.2, 0.25) is 0 Å². The minimum absolute atomic E-state index is 0.302. The molecule has 0 saturated heterocycles. The van der Waals surface area contributed by atoms with E-state index >= 15 is 0 Å². The van der Waals surface area contributed by atoms with Crippen LogP contribution in [0.1, 0.15) is 91.4 Å². The van der Waals surface area contributed by atoms with Crippen molar-refractivity contribution in [3.63, 3.8) is 0 Å². The fourth-order valence-electron chi connectivity index (χ4n) is 2.72. The Bertz CT molecular complexity index is 282. The van der Waals surface area contributed by atoms with E-state index in [4.69, 9.17) is 10.5 Å². The first kappa shape index (κ1) is 22.4. The lowest BCUT2D eigenvalue weighted by molar-refractivity contribution is -0.147. The normalized spacial score (nSPS) is 14.0. The number of esters is 1. The standard InChI is InChI=1S/C19H39NO3/c1-4-23-19(22)18(20)17(21)15-13-11-9-7-5-6-8-10-12-14-16(2)3/h16-18,21H,4-15,20H2,1-3H3/t17-,18-/m1/s1. The molecule has 0 heterocycles. The van der Waals surface area contributed by atoms with Gasteiger partial charge in [0.15, 0.2) is 0 Å². The first-order valence-electron chi connectivity index (χ1n) is 9.59. The molecule has 23 heavy (non-hydrogen) atoms. The molecule has 0 aromatic rings. The topological polar surface area (TPSA) is 72.5 Å². The SMILES string of the molecule is CCOC(=O)[C@H](N)[C@H](O)CCCCCCCCCCCC(C)C. The number of carbonyl (C=O) groups excluding carboxylic acids is 1. The van der Waals surface area contributed by atoms with Crippen LogP contribution in [0.2, 0.25) is 0 Å². The molecule has 0 spiro atoms. The molecule has 0 unspecified atom stereocenters. The third-order valence-corrected chi connectivity index (χ3v) is 4.25. The van der Waals surface area contributed by atoms with Crippen molar-refractivity contribution >= 4 is 5.97 Å². The van der Waals surface area contributed by atoms with E-state index in [2.05, 4.69) is 13.8 Å². The number of carbonyl (C=O) groups is 1. The van der Waals surface area contributed by atoms with Gasteiger partial charge in [-0.3, -0.25) is 4.79 Å². The Morgan fingerprint density at radius 1 is 0.913 bits per heavy atom. The molecule has 0 bridgehead atoms. The molecule has 0 aromatic carbocycles. The lowest BCUT2D eigenvalue weighted by atomic mass is 10.0. The molecule has 0 rings (SSSR count). The van der Waals surface area contributed by atoms with Gasteiger partial charge in [0, 0.05) is 0 Å². The monoisotopic (exact) mass is 329 g/mol. The lowest BCUT2D eigenvalue weighted by Gasteiger charge is -2.17. The van der Waals surface area contributed by atoms with E-state index in [0.29, 0.717) is 13.0 Å². The number of rotatable bonds is 15. The van der Waals surface area contributed by atoms with Gasteiger partial charge < -0.3 is 15.6 Å². The van der Waals surface area contributed by atoms with E-state index < -0.39 is 18.1 Å². The van der Waals surface area contributed by atoms with Crippen molar-refractivity contribution in [2.45, 2.75) is 104 Å². The van der Waals surface area contributed by atoms with E-state index in [9.17, 15) is 9.90 Å². The van der Waals surface area contributed by atoms with Crippen LogP contribution in [0.3, 0.4) is 0 Å². The van der Waals surface area contributed by atoms with Crippen molar-refractivity contribution in [1.29, 1.82) is 0 Å². The molecule has 4 heteroatoms. The van der Waals surface area contributed by atoms with Gasteiger partial charge >= 0.3 is 5.97 Å². The Balaban J connectivity index is 3.37. The number of aliphatic hydroxyl groups is 1. The van der Waals surface area contributed by atoms with E-state index in [1.165, 1.54) is 51.4 Å². The summed E-state index contributed by atoms with van der Waals surface area (Å²) in [5.41, 5.74) is 5.66. The molecule has 0 aliphatic carbocycles. The molecule has 2 atom stereocenters. The summed E-state index contributed by atoms with van der Waals surface area (Å²) >= 11 is 0.